The van der Waals surface area contributed by atoms with Gasteiger partial charge in [-0.25, -0.2) is 0 Å². The minimum atomic E-state index is -0.958. The fraction of sp³-hybridized carbons (Fsp3) is 0.800. The molecule has 100 valence electrons. The van der Waals surface area contributed by atoms with Crippen molar-refractivity contribution in [1.82, 2.24) is 5.32 Å². The van der Waals surface area contributed by atoms with E-state index in [1.54, 1.807) is 6.92 Å². The minimum absolute atomic E-state index is 0.0404. The van der Waals surface area contributed by atoms with Crippen LogP contribution in [0.2, 0.25) is 0 Å². The first-order valence-electron chi connectivity index (χ1n) is 5.48. The number of nitrogens with one attached hydrogen (secondary N) is 1. The summed E-state index contributed by atoms with van der Waals surface area (Å²) in [5, 5.41) is 20.5. The zero-order chi connectivity index (χ0) is 13.3. The normalized spacial score (nSPS) is 14.1. The largest absolute Gasteiger partial charge is 0.465 e. The van der Waals surface area contributed by atoms with Gasteiger partial charge in [-0.2, -0.15) is 0 Å². The summed E-state index contributed by atoms with van der Waals surface area (Å²) >= 11 is 0. The quantitative estimate of drug-likeness (QED) is 0.354. The third kappa shape index (κ3) is 7.67. The molecule has 1 unspecified atom stereocenters. The van der Waals surface area contributed by atoms with Crippen LogP contribution in [0.5, 0.6) is 0 Å². The molecule has 5 N–H and O–H groups in total. The number of esters is 1. The molecular weight excluding hydrogens is 228 g/mol. The molecule has 0 fully saturated rings. The number of amides is 1. The molecule has 0 saturated heterocycles. The number of ether oxygens (including phenoxy) is 1. The van der Waals surface area contributed by atoms with Crippen molar-refractivity contribution in [2.75, 3.05) is 19.8 Å². The van der Waals surface area contributed by atoms with E-state index in [4.69, 9.17) is 20.7 Å². The second-order valence-corrected chi connectivity index (χ2v) is 3.55. The summed E-state index contributed by atoms with van der Waals surface area (Å²) in [6.45, 7) is 1.54. The molecular formula is C10H20N2O5. The third-order valence-corrected chi connectivity index (χ3v) is 2.06. The van der Waals surface area contributed by atoms with Crippen LogP contribution in [0.15, 0.2) is 0 Å². The van der Waals surface area contributed by atoms with E-state index < -0.39 is 30.6 Å². The number of nitrogens with two attached hydrogens (primary N) is 1. The lowest BCUT2D eigenvalue weighted by atomic mass is 10.1. The summed E-state index contributed by atoms with van der Waals surface area (Å²) in [7, 11) is 0. The maximum Gasteiger partial charge on any atom is 0.323 e. The lowest BCUT2D eigenvalue weighted by molar-refractivity contribution is -0.146. The molecule has 7 heteroatoms. The Morgan fingerprint density at radius 3 is 2.59 bits per heavy atom. The third-order valence-electron chi connectivity index (χ3n) is 2.06. The monoisotopic (exact) mass is 248 g/mol. The second kappa shape index (κ2) is 8.91. The molecule has 17 heavy (non-hydrogen) atoms. The van der Waals surface area contributed by atoms with Crippen LogP contribution in [0, 0.1) is 0 Å². The van der Waals surface area contributed by atoms with Crippen LogP contribution in [-0.4, -0.2) is 54.0 Å². The van der Waals surface area contributed by atoms with Crippen molar-refractivity contribution in [1.29, 1.82) is 0 Å². The second-order valence-electron chi connectivity index (χ2n) is 3.55. The predicted octanol–water partition coefficient (Wildman–Crippen LogP) is -1.87. The number of hydrogen-bond acceptors (Lipinski definition) is 6. The van der Waals surface area contributed by atoms with E-state index in [1.165, 1.54) is 0 Å². The minimum Gasteiger partial charge on any atom is -0.465 e. The van der Waals surface area contributed by atoms with E-state index >= 15 is 0 Å². The Morgan fingerprint density at radius 2 is 2.12 bits per heavy atom. The molecule has 0 aromatic heterocycles. The summed E-state index contributed by atoms with van der Waals surface area (Å²) in [5.41, 5.74) is 4.99. The van der Waals surface area contributed by atoms with Crippen molar-refractivity contribution in [3.63, 3.8) is 0 Å². The Bertz CT molecular complexity index is 247. The van der Waals surface area contributed by atoms with E-state index in [0.717, 1.165) is 0 Å². The summed E-state index contributed by atoms with van der Waals surface area (Å²) in [5.74, 6) is -1.01. The van der Waals surface area contributed by atoms with Gasteiger partial charge in [0.15, 0.2) is 0 Å². The predicted molar refractivity (Wildman–Crippen MR) is 59.9 cm³/mol. The van der Waals surface area contributed by atoms with Crippen LogP contribution in [0.1, 0.15) is 19.8 Å². The van der Waals surface area contributed by atoms with Crippen LogP contribution in [0.25, 0.3) is 0 Å². The molecule has 0 heterocycles. The zero-order valence-corrected chi connectivity index (χ0v) is 9.89. The average Bonchev–Trinajstić information content (AvgIpc) is 2.28. The van der Waals surface area contributed by atoms with E-state index in [0.29, 0.717) is 0 Å². The van der Waals surface area contributed by atoms with Crippen LogP contribution in [0.3, 0.4) is 0 Å². The molecule has 0 bridgehead atoms. The molecule has 0 aromatic carbocycles. The molecule has 1 amide bonds. The summed E-state index contributed by atoms with van der Waals surface area (Å²) in [6, 6.07) is -0.705. The van der Waals surface area contributed by atoms with Crippen molar-refractivity contribution in [3.05, 3.63) is 0 Å². The number of aliphatic hydroxyl groups is 2. The molecule has 7 nitrogen and oxygen atoms in total. The Hall–Kier alpha value is -1.18. The molecule has 0 aliphatic rings. The molecule has 0 aliphatic carbocycles. The number of carbonyl (C=O) groups excluding carboxylic acids is 2. The molecule has 0 aromatic rings. The summed E-state index contributed by atoms with van der Waals surface area (Å²) < 4.78 is 4.80. The van der Waals surface area contributed by atoms with Crippen molar-refractivity contribution in [3.8, 4) is 0 Å². The topological polar surface area (TPSA) is 122 Å². The van der Waals surface area contributed by atoms with E-state index in [-0.39, 0.29) is 26.0 Å². The maximum atomic E-state index is 11.5. The van der Waals surface area contributed by atoms with E-state index in [2.05, 4.69) is 5.32 Å². The number of hydrogen-bond donors (Lipinski definition) is 4. The van der Waals surface area contributed by atoms with Crippen LogP contribution >= 0.6 is 0 Å². The number of aliphatic hydroxyl groups excluding tert-OH is 2. The van der Waals surface area contributed by atoms with Gasteiger partial charge in [0, 0.05) is 13.0 Å². The highest BCUT2D eigenvalue weighted by molar-refractivity contribution is 5.78. The molecule has 0 radical (unpaired) electrons. The van der Waals surface area contributed by atoms with Crippen molar-refractivity contribution in [2.45, 2.75) is 31.9 Å². The van der Waals surface area contributed by atoms with Gasteiger partial charge >= 0.3 is 5.97 Å². The zero-order valence-electron chi connectivity index (χ0n) is 9.89. The van der Waals surface area contributed by atoms with Crippen LogP contribution in [0.4, 0.5) is 0 Å². The SMILES string of the molecule is CCOC(=O)[C@H](CCC(N)=O)NCC(O)CO. The molecule has 0 rings (SSSR count). The van der Waals surface area contributed by atoms with Crippen LogP contribution in [-0.2, 0) is 14.3 Å². The Balaban J connectivity index is 4.19. The van der Waals surface area contributed by atoms with E-state index in [9.17, 15) is 9.59 Å². The van der Waals surface area contributed by atoms with Crippen molar-refractivity contribution < 1.29 is 24.5 Å². The van der Waals surface area contributed by atoms with Gasteiger partial charge in [-0.05, 0) is 13.3 Å². The van der Waals surface area contributed by atoms with Gasteiger partial charge in [-0.3, -0.25) is 9.59 Å². The fourth-order valence-electron chi connectivity index (χ4n) is 1.18. The fourth-order valence-corrected chi connectivity index (χ4v) is 1.18. The highest BCUT2D eigenvalue weighted by Gasteiger charge is 2.20. The molecule has 0 saturated carbocycles. The summed E-state index contributed by atoms with van der Waals surface area (Å²) in [4.78, 5) is 22.1. The lowest BCUT2D eigenvalue weighted by Gasteiger charge is -2.18. The summed E-state index contributed by atoms with van der Waals surface area (Å²) in [6.07, 6.45) is -0.710. The van der Waals surface area contributed by atoms with Gasteiger partial charge in [-0.1, -0.05) is 0 Å². The van der Waals surface area contributed by atoms with Gasteiger partial charge in [0.1, 0.15) is 6.04 Å². The lowest BCUT2D eigenvalue weighted by Crippen LogP contribution is -2.43. The Morgan fingerprint density at radius 1 is 1.47 bits per heavy atom. The van der Waals surface area contributed by atoms with Crippen molar-refractivity contribution >= 4 is 11.9 Å². The first-order chi connectivity index (χ1) is 8.01. The van der Waals surface area contributed by atoms with Gasteiger partial charge < -0.3 is 26.0 Å². The van der Waals surface area contributed by atoms with Gasteiger partial charge in [0.25, 0.3) is 0 Å². The van der Waals surface area contributed by atoms with Crippen molar-refractivity contribution in [2.24, 2.45) is 5.73 Å². The molecule has 0 spiro atoms. The van der Waals surface area contributed by atoms with Gasteiger partial charge in [0.2, 0.25) is 5.91 Å². The van der Waals surface area contributed by atoms with Gasteiger partial charge in [-0.15, -0.1) is 0 Å². The average molecular weight is 248 g/mol. The Labute approximate surface area is 99.9 Å². The highest BCUT2D eigenvalue weighted by atomic mass is 16.5. The number of rotatable bonds is 9. The highest BCUT2D eigenvalue weighted by Crippen LogP contribution is 2.00. The van der Waals surface area contributed by atoms with Crippen LogP contribution < -0.4 is 11.1 Å². The number of carbonyl (C=O) groups is 2. The number of primary amides is 1. The maximum absolute atomic E-state index is 11.5. The first kappa shape index (κ1) is 15.8. The smallest absolute Gasteiger partial charge is 0.323 e. The van der Waals surface area contributed by atoms with Gasteiger partial charge in [0.05, 0.1) is 19.3 Å². The Kier molecular flexibility index (Phi) is 8.29. The standard InChI is InChI=1S/C10H20N2O5/c1-2-17-10(16)8(3-4-9(11)15)12-5-7(14)6-13/h7-8,12-14H,2-6H2,1H3,(H2,11,15)/t7?,8-/m0/s1. The van der Waals surface area contributed by atoms with E-state index in [1.807, 2.05) is 0 Å². The molecule has 0 aliphatic heterocycles. The first-order valence-corrected chi connectivity index (χ1v) is 5.48. The molecule has 2 atom stereocenters.